The van der Waals surface area contributed by atoms with Crippen LogP contribution >= 0.6 is 11.6 Å². The minimum Gasteiger partial charge on any atom is -0.394 e. The van der Waals surface area contributed by atoms with Crippen LogP contribution < -0.4 is 0 Å². The normalized spacial score (nSPS) is 22.8. The topological polar surface area (TPSA) is 35.8 Å². The summed E-state index contributed by atoms with van der Waals surface area (Å²) in [5.74, 6) is 1.11. The summed E-state index contributed by atoms with van der Waals surface area (Å²) in [6.07, 6.45) is 1.96. The zero-order valence-corrected chi connectivity index (χ0v) is 9.61. The van der Waals surface area contributed by atoms with Crippen molar-refractivity contribution in [1.82, 2.24) is 4.90 Å². The lowest BCUT2D eigenvalue weighted by atomic mass is 10.1. The van der Waals surface area contributed by atoms with Gasteiger partial charge in [0.1, 0.15) is 5.84 Å². The molecule has 0 unspecified atom stereocenters. The molecular weight excluding hydrogens is 224 g/mol. The second kappa shape index (κ2) is 3.75. The molecule has 0 radical (unpaired) electrons. The molecule has 0 aromatic heterocycles. The van der Waals surface area contributed by atoms with E-state index in [1.807, 2.05) is 18.2 Å². The van der Waals surface area contributed by atoms with Crippen molar-refractivity contribution in [3.63, 3.8) is 0 Å². The molecular formula is C12H13ClN2O. The SMILES string of the molecule is OC[C@H]1CCC2=Nc3ccc(Cl)cc3CN21. The minimum absolute atomic E-state index is 0.203. The van der Waals surface area contributed by atoms with E-state index < -0.39 is 0 Å². The maximum absolute atomic E-state index is 9.28. The molecule has 2 aliphatic rings. The van der Waals surface area contributed by atoms with Gasteiger partial charge in [-0.25, -0.2) is 4.99 Å². The van der Waals surface area contributed by atoms with E-state index in [-0.39, 0.29) is 12.6 Å². The third-order valence-electron chi connectivity index (χ3n) is 3.32. The van der Waals surface area contributed by atoms with Gasteiger partial charge in [0.25, 0.3) is 0 Å². The van der Waals surface area contributed by atoms with E-state index in [4.69, 9.17) is 11.6 Å². The highest BCUT2D eigenvalue weighted by atomic mass is 35.5. The molecule has 1 N–H and O–H groups in total. The molecule has 2 heterocycles. The largest absolute Gasteiger partial charge is 0.394 e. The van der Waals surface area contributed by atoms with Gasteiger partial charge in [0, 0.05) is 18.0 Å². The van der Waals surface area contributed by atoms with Crippen LogP contribution in [0.15, 0.2) is 23.2 Å². The second-order valence-corrected chi connectivity index (χ2v) is 4.74. The van der Waals surface area contributed by atoms with Crippen molar-refractivity contribution in [2.24, 2.45) is 4.99 Å². The zero-order chi connectivity index (χ0) is 11.1. The van der Waals surface area contributed by atoms with E-state index >= 15 is 0 Å². The van der Waals surface area contributed by atoms with Crippen molar-refractivity contribution in [1.29, 1.82) is 0 Å². The molecule has 1 saturated heterocycles. The number of nitrogens with zero attached hydrogens (tertiary/aromatic N) is 2. The number of hydrogen-bond donors (Lipinski definition) is 1. The molecule has 3 rings (SSSR count). The van der Waals surface area contributed by atoms with E-state index in [1.165, 1.54) is 0 Å². The van der Waals surface area contributed by atoms with Crippen molar-refractivity contribution in [2.45, 2.75) is 25.4 Å². The van der Waals surface area contributed by atoms with Gasteiger partial charge >= 0.3 is 0 Å². The summed E-state index contributed by atoms with van der Waals surface area (Å²) >= 11 is 5.97. The fourth-order valence-electron chi connectivity index (χ4n) is 2.45. The molecule has 4 heteroatoms. The quantitative estimate of drug-likeness (QED) is 0.813. The predicted octanol–water partition coefficient (Wildman–Crippen LogP) is 2.34. The van der Waals surface area contributed by atoms with E-state index in [9.17, 15) is 5.11 Å². The van der Waals surface area contributed by atoms with Crippen molar-refractivity contribution in [3.05, 3.63) is 28.8 Å². The molecule has 3 nitrogen and oxygen atoms in total. The van der Waals surface area contributed by atoms with Gasteiger partial charge < -0.3 is 10.0 Å². The summed E-state index contributed by atoms with van der Waals surface area (Å²) in [6.45, 7) is 1.02. The van der Waals surface area contributed by atoms with Crippen LogP contribution in [0.5, 0.6) is 0 Å². The Bertz CT molecular complexity index is 458. The number of halogens is 1. The fourth-order valence-corrected chi connectivity index (χ4v) is 2.64. The molecule has 0 aliphatic carbocycles. The average Bonchev–Trinajstić information content (AvgIpc) is 2.68. The minimum atomic E-state index is 0.203. The Morgan fingerprint density at radius 1 is 1.50 bits per heavy atom. The van der Waals surface area contributed by atoms with Gasteiger partial charge in [-0.1, -0.05) is 11.6 Å². The Morgan fingerprint density at radius 3 is 3.19 bits per heavy atom. The molecule has 1 atom stereocenters. The molecule has 2 aliphatic heterocycles. The fraction of sp³-hybridized carbons (Fsp3) is 0.417. The molecule has 1 aromatic carbocycles. The zero-order valence-electron chi connectivity index (χ0n) is 8.86. The van der Waals surface area contributed by atoms with Gasteiger partial charge in [-0.15, -0.1) is 0 Å². The van der Waals surface area contributed by atoms with Crippen LogP contribution in [0.3, 0.4) is 0 Å². The molecule has 0 bridgehead atoms. The summed E-state index contributed by atoms with van der Waals surface area (Å²) in [4.78, 5) is 6.81. The Kier molecular flexibility index (Phi) is 2.37. The first-order valence-electron chi connectivity index (χ1n) is 5.51. The van der Waals surface area contributed by atoms with E-state index in [0.717, 1.165) is 41.5 Å². The second-order valence-electron chi connectivity index (χ2n) is 4.30. The van der Waals surface area contributed by atoms with E-state index in [0.29, 0.717) is 0 Å². The van der Waals surface area contributed by atoms with Gasteiger partial charge in [0.2, 0.25) is 0 Å². The van der Waals surface area contributed by atoms with Crippen LogP contribution in [0.1, 0.15) is 18.4 Å². The number of fused-ring (bicyclic) bond motifs is 2. The third kappa shape index (κ3) is 1.51. The molecule has 16 heavy (non-hydrogen) atoms. The highest BCUT2D eigenvalue weighted by Crippen LogP contribution is 2.34. The summed E-state index contributed by atoms with van der Waals surface area (Å²) in [5, 5.41) is 10.0. The Morgan fingerprint density at radius 2 is 2.38 bits per heavy atom. The average molecular weight is 237 g/mol. The van der Waals surface area contributed by atoms with Gasteiger partial charge in [0.05, 0.1) is 18.3 Å². The van der Waals surface area contributed by atoms with Crippen molar-refractivity contribution >= 4 is 23.1 Å². The van der Waals surface area contributed by atoms with Crippen LogP contribution in [0.4, 0.5) is 5.69 Å². The maximum atomic E-state index is 9.28. The van der Waals surface area contributed by atoms with E-state index in [2.05, 4.69) is 9.89 Å². The first-order valence-corrected chi connectivity index (χ1v) is 5.89. The number of amidine groups is 1. The number of aliphatic hydroxyl groups is 1. The van der Waals surface area contributed by atoms with Crippen molar-refractivity contribution in [3.8, 4) is 0 Å². The van der Waals surface area contributed by atoms with Gasteiger partial charge in [-0.05, 0) is 30.2 Å². The summed E-state index contributed by atoms with van der Waals surface area (Å²) in [6, 6.07) is 6.03. The van der Waals surface area contributed by atoms with Crippen molar-refractivity contribution < 1.29 is 5.11 Å². The lowest BCUT2D eigenvalue weighted by Gasteiger charge is -2.29. The highest BCUT2D eigenvalue weighted by Gasteiger charge is 2.31. The number of benzene rings is 1. The summed E-state index contributed by atoms with van der Waals surface area (Å²) in [5.41, 5.74) is 2.17. The van der Waals surface area contributed by atoms with Crippen LogP contribution in [0.2, 0.25) is 5.02 Å². The molecule has 0 spiro atoms. The Balaban J connectivity index is 2.00. The summed E-state index contributed by atoms with van der Waals surface area (Å²) in [7, 11) is 0. The lowest BCUT2D eigenvalue weighted by Crippen LogP contribution is -2.36. The van der Waals surface area contributed by atoms with Crippen LogP contribution in [0.25, 0.3) is 0 Å². The van der Waals surface area contributed by atoms with Gasteiger partial charge in [-0.3, -0.25) is 0 Å². The maximum Gasteiger partial charge on any atom is 0.105 e. The smallest absolute Gasteiger partial charge is 0.105 e. The first kappa shape index (κ1) is 10.1. The van der Waals surface area contributed by atoms with Crippen molar-refractivity contribution in [2.75, 3.05) is 6.61 Å². The lowest BCUT2D eigenvalue weighted by molar-refractivity contribution is 0.187. The monoisotopic (exact) mass is 236 g/mol. The third-order valence-corrected chi connectivity index (χ3v) is 3.55. The summed E-state index contributed by atoms with van der Waals surface area (Å²) < 4.78 is 0. The van der Waals surface area contributed by atoms with Gasteiger partial charge in [0.15, 0.2) is 0 Å². The number of aliphatic imine (C=N–C) groups is 1. The first-order chi connectivity index (χ1) is 7.78. The number of rotatable bonds is 1. The molecule has 1 aromatic rings. The Labute approximate surface area is 99.4 Å². The standard InChI is InChI=1S/C12H13ClN2O/c13-9-1-3-11-8(5-9)6-15-10(7-16)2-4-12(15)14-11/h1,3,5,10,16H,2,4,6-7H2/t10-/m1/s1. The van der Waals surface area contributed by atoms with Crippen LogP contribution in [0, 0.1) is 0 Å². The molecule has 84 valence electrons. The highest BCUT2D eigenvalue weighted by molar-refractivity contribution is 6.30. The number of hydrogen-bond acceptors (Lipinski definition) is 3. The van der Waals surface area contributed by atoms with Gasteiger partial charge in [-0.2, -0.15) is 0 Å². The van der Waals surface area contributed by atoms with Crippen LogP contribution in [-0.4, -0.2) is 28.5 Å². The molecule has 0 amide bonds. The predicted molar refractivity (Wildman–Crippen MR) is 64.2 cm³/mol. The van der Waals surface area contributed by atoms with E-state index in [1.54, 1.807) is 0 Å². The molecule has 1 fully saturated rings. The van der Waals surface area contributed by atoms with Crippen LogP contribution in [-0.2, 0) is 6.54 Å². The Hall–Kier alpha value is -1.06. The molecule has 0 saturated carbocycles. The number of aliphatic hydroxyl groups excluding tert-OH is 1.